The van der Waals surface area contributed by atoms with Crippen molar-refractivity contribution < 1.29 is 24.4 Å². The van der Waals surface area contributed by atoms with Crippen LogP contribution in [-0.2, 0) is 22.3 Å². The Morgan fingerprint density at radius 3 is 2.50 bits per heavy atom. The van der Waals surface area contributed by atoms with Crippen molar-refractivity contribution in [3.05, 3.63) is 41.5 Å². The van der Waals surface area contributed by atoms with Crippen LogP contribution in [0.3, 0.4) is 0 Å². The predicted octanol–water partition coefficient (Wildman–Crippen LogP) is 4.56. The van der Waals surface area contributed by atoms with E-state index in [9.17, 15) is 10.2 Å². The van der Waals surface area contributed by atoms with Crippen LogP contribution in [0.5, 0.6) is 17.2 Å². The molecule has 0 aromatic heterocycles. The van der Waals surface area contributed by atoms with Crippen LogP contribution < -0.4 is 4.74 Å². The standard InChI is InChI=1S/C23H28O5/c1-23(2)27-19-7-5-4-6-14-11-17(22(25)21(13-14)26-3)16-10-15(8-9-18(16)24)12-20(19)28-23/h8-11,13,19-20,24-25H,4-7,12H2,1-3H3/t19-,20-/m0/s1. The van der Waals surface area contributed by atoms with Gasteiger partial charge in [-0.2, -0.15) is 0 Å². The summed E-state index contributed by atoms with van der Waals surface area (Å²) in [4.78, 5) is 0. The van der Waals surface area contributed by atoms with Gasteiger partial charge in [0.05, 0.1) is 19.3 Å². The molecule has 150 valence electrons. The Kier molecular flexibility index (Phi) is 4.98. The summed E-state index contributed by atoms with van der Waals surface area (Å²) in [5, 5.41) is 21.2. The highest BCUT2D eigenvalue weighted by Crippen LogP contribution is 2.43. The number of aromatic hydroxyl groups is 2. The molecular formula is C23H28O5. The van der Waals surface area contributed by atoms with Crippen molar-refractivity contribution in [3.63, 3.8) is 0 Å². The fraction of sp³-hybridized carbons (Fsp3) is 0.478. The quantitative estimate of drug-likeness (QED) is 0.754. The van der Waals surface area contributed by atoms with Gasteiger partial charge in [0.15, 0.2) is 17.3 Å². The summed E-state index contributed by atoms with van der Waals surface area (Å²) in [5.74, 6) is 0.0290. The van der Waals surface area contributed by atoms with Crippen LogP contribution in [0.2, 0.25) is 0 Å². The number of aryl methyl sites for hydroxylation is 1. The van der Waals surface area contributed by atoms with E-state index in [1.54, 1.807) is 13.2 Å². The van der Waals surface area contributed by atoms with Crippen molar-refractivity contribution in [1.29, 1.82) is 0 Å². The highest BCUT2D eigenvalue weighted by atomic mass is 16.7. The molecule has 4 bridgehead atoms. The van der Waals surface area contributed by atoms with E-state index in [-0.39, 0.29) is 23.7 Å². The van der Waals surface area contributed by atoms with Crippen molar-refractivity contribution in [2.75, 3.05) is 7.11 Å². The SMILES string of the molecule is COc1cc2cc(c1O)-c1cc(ccc1O)C[C@@H]1OC(C)(C)O[C@H]1CCCC2. The van der Waals surface area contributed by atoms with E-state index in [0.717, 1.165) is 36.8 Å². The summed E-state index contributed by atoms with van der Waals surface area (Å²) in [7, 11) is 1.55. The second-order valence-corrected chi connectivity index (χ2v) is 8.21. The molecular weight excluding hydrogens is 356 g/mol. The highest BCUT2D eigenvalue weighted by molar-refractivity contribution is 5.79. The minimum absolute atomic E-state index is 0.0283. The normalized spacial score (nSPS) is 23.8. The van der Waals surface area contributed by atoms with Crippen LogP contribution >= 0.6 is 0 Å². The fourth-order valence-electron chi connectivity index (χ4n) is 4.33. The molecule has 2 aromatic carbocycles. The first-order valence-corrected chi connectivity index (χ1v) is 9.94. The number of methoxy groups -OCH3 is 1. The van der Waals surface area contributed by atoms with Gasteiger partial charge in [-0.15, -0.1) is 0 Å². The molecule has 4 rings (SSSR count). The van der Waals surface area contributed by atoms with Crippen molar-refractivity contribution >= 4 is 0 Å². The zero-order valence-electron chi connectivity index (χ0n) is 16.7. The van der Waals surface area contributed by atoms with Crippen LogP contribution in [0.15, 0.2) is 30.3 Å². The maximum Gasteiger partial charge on any atom is 0.165 e. The van der Waals surface area contributed by atoms with Crippen molar-refractivity contribution in [1.82, 2.24) is 0 Å². The molecule has 1 heterocycles. The molecule has 28 heavy (non-hydrogen) atoms. The Morgan fingerprint density at radius 1 is 0.964 bits per heavy atom. The van der Waals surface area contributed by atoms with Crippen LogP contribution in [0, 0.1) is 0 Å². The van der Waals surface area contributed by atoms with Gasteiger partial charge in [0.1, 0.15) is 5.75 Å². The number of benzene rings is 2. The molecule has 1 fully saturated rings. The molecule has 2 aromatic rings. The summed E-state index contributed by atoms with van der Waals surface area (Å²) in [6, 6.07) is 9.34. The topological polar surface area (TPSA) is 68.2 Å². The second kappa shape index (κ2) is 7.30. The minimum Gasteiger partial charge on any atom is -0.507 e. The third kappa shape index (κ3) is 3.69. The average Bonchev–Trinajstić information content (AvgIpc) is 2.94. The summed E-state index contributed by atoms with van der Waals surface area (Å²) >= 11 is 0. The Labute approximate surface area is 165 Å². The van der Waals surface area contributed by atoms with Crippen molar-refractivity contribution in [3.8, 4) is 28.4 Å². The monoisotopic (exact) mass is 384 g/mol. The van der Waals surface area contributed by atoms with Gasteiger partial charge in [0.2, 0.25) is 0 Å². The van der Waals surface area contributed by atoms with E-state index < -0.39 is 5.79 Å². The molecule has 2 N–H and O–H groups in total. The number of rotatable bonds is 1. The maximum absolute atomic E-state index is 10.7. The number of fused-ring (bicyclic) bond motifs is 6. The largest absolute Gasteiger partial charge is 0.507 e. The number of hydrogen-bond donors (Lipinski definition) is 2. The van der Waals surface area contributed by atoms with Gasteiger partial charge in [-0.1, -0.05) is 12.5 Å². The lowest BCUT2D eigenvalue weighted by atomic mass is 9.95. The van der Waals surface area contributed by atoms with Crippen LogP contribution in [0.4, 0.5) is 0 Å². The Bertz CT molecular complexity index is 874. The average molecular weight is 384 g/mol. The molecule has 0 spiro atoms. The lowest BCUT2D eigenvalue weighted by molar-refractivity contribution is -0.146. The maximum atomic E-state index is 10.7. The highest BCUT2D eigenvalue weighted by Gasteiger charge is 2.40. The lowest BCUT2D eigenvalue weighted by Gasteiger charge is -2.18. The molecule has 1 aliphatic carbocycles. The number of ether oxygens (including phenoxy) is 3. The number of hydrogen-bond acceptors (Lipinski definition) is 5. The molecule has 0 radical (unpaired) electrons. The summed E-state index contributed by atoms with van der Waals surface area (Å²) in [5.41, 5.74) is 3.30. The molecule has 1 aliphatic heterocycles. The van der Waals surface area contributed by atoms with Crippen molar-refractivity contribution in [2.45, 2.75) is 63.9 Å². The van der Waals surface area contributed by atoms with Gasteiger partial charge >= 0.3 is 0 Å². The first kappa shape index (κ1) is 19.1. The van der Waals surface area contributed by atoms with E-state index in [4.69, 9.17) is 14.2 Å². The van der Waals surface area contributed by atoms with Gasteiger partial charge in [-0.25, -0.2) is 0 Å². The molecule has 2 atom stereocenters. The lowest BCUT2D eigenvalue weighted by Crippen LogP contribution is -2.25. The molecule has 0 unspecified atom stereocenters. The van der Waals surface area contributed by atoms with Gasteiger partial charge in [-0.05, 0) is 68.5 Å². The first-order valence-electron chi connectivity index (χ1n) is 9.94. The molecule has 5 nitrogen and oxygen atoms in total. The van der Waals surface area contributed by atoms with Gasteiger partial charge in [-0.3, -0.25) is 0 Å². The molecule has 2 aliphatic rings. The molecule has 5 heteroatoms. The van der Waals surface area contributed by atoms with E-state index in [1.165, 1.54) is 0 Å². The summed E-state index contributed by atoms with van der Waals surface area (Å²) < 4.78 is 17.7. The van der Waals surface area contributed by atoms with Gasteiger partial charge < -0.3 is 24.4 Å². The third-order valence-electron chi connectivity index (χ3n) is 5.63. The molecule has 0 saturated carbocycles. The van der Waals surface area contributed by atoms with Gasteiger partial charge in [0.25, 0.3) is 0 Å². The third-order valence-corrected chi connectivity index (χ3v) is 5.63. The van der Waals surface area contributed by atoms with Gasteiger partial charge in [0, 0.05) is 17.5 Å². The predicted molar refractivity (Wildman–Crippen MR) is 107 cm³/mol. The number of phenolic OH excluding ortho intramolecular Hbond substituents is 2. The summed E-state index contributed by atoms with van der Waals surface area (Å²) in [6.45, 7) is 3.92. The van der Waals surface area contributed by atoms with Crippen LogP contribution in [-0.4, -0.2) is 35.3 Å². The Hall–Kier alpha value is -2.24. The zero-order chi connectivity index (χ0) is 19.9. The minimum atomic E-state index is -0.581. The van der Waals surface area contributed by atoms with Crippen LogP contribution in [0.1, 0.15) is 44.2 Å². The first-order chi connectivity index (χ1) is 13.4. The van der Waals surface area contributed by atoms with Crippen LogP contribution in [0.25, 0.3) is 11.1 Å². The molecule has 0 amide bonds. The second-order valence-electron chi connectivity index (χ2n) is 8.21. The Balaban J connectivity index is 1.80. The van der Waals surface area contributed by atoms with E-state index in [2.05, 4.69) is 0 Å². The van der Waals surface area contributed by atoms with E-state index >= 15 is 0 Å². The summed E-state index contributed by atoms with van der Waals surface area (Å²) in [6.07, 6.45) is 4.57. The van der Waals surface area contributed by atoms with Crippen molar-refractivity contribution in [2.24, 2.45) is 0 Å². The molecule has 1 saturated heterocycles. The smallest absolute Gasteiger partial charge is 0.165 e. The number of phenols is 2. The Morgan fingerprint density at radius 2 is 1.71 bits per heavy atom. The van der Waals surface area contributed by atoms with E-state index in [0.29, 0.717) is 23.3 Å². The fourth-order valence-corrected chi connectivity index (χ4v) is 4.33. The zero-order valence-corrected chi connectivity index (χ0v) is 16.7. The van der Waals surface area contributed by atoms with E-state index in [1.807, 2.05) is 38.1 Å².